The van der Waals surface area contributed by atoms with Crippen molar-refractivity contribution >= 4 is 28.7 Å². The Morgan fingerprint density at radius 1 is 0.750 bits per heavy atom. The lowest BCUT2D eigenvalue weighted by molar-refractivity contribution is -0.124. The van der Waals surface area contributed by atoms with E-state index in [0.29, 0.717) is 28.8 Å². The summed E-state index contributed by atoms with van der Waals surface area (Å²) in [4.78, 5) is 40.0. The number of hydrogen-bond acceptors (Lipinski definition) is 6. The zero-order chi connectivity index (χ0) is 28.2. The molecule has 1 unspecified atom stereocenters. The average molecular weight is 531 g/mol. The number of pyridine rings is 1. The summed E-state index contributed by atoms with van der Waals surface area (Å²) < 4.78 is 5.60. The van der Waals surface area contributed by atoms with Crippen LogP contribution in [-0.4, -0.2) is 32.9 Å². The summed E-state index contributed by atoms with van der Waals surface area (Å²) in [5.74, 6) is -0.630. The lowest BCUT2D eigenvalue weighted by Crippen LogP contribution is -2.32. The highest BCUT2D eigenvalue weighted by atomic mass is 16.5. The molecule has 2 aromatic heterocycles. The summed E-state index contributed by atoms with van der Waals surface area (Å²) in [5, 5.41) is 2.73. The summed E-state index contributed by atoms with van der Waals surface area (Å²) in [6, 6.07) is 25.0. The summed E-state index contributed by atoms with van der Waals surface area (Å²) in [6.45, 7) is 7.78. The van der Waals surface area contributed by atoms with E-state index in [-0.39, 0.29) is 0 Å². The lowest BCUT2D eigenvalue weighted by atomic mass is 10.0. The predicted octanol–water partition coefficient (Wildman–Crippen LogP) is 6.86. The molecule has 1 atom stereocenters. The van der Waals surface area contributed by atoms with E-state index in [1.165, 1.54) is 0 Å². The van der Waals surface area contributed by atoms with Crippen molar-refractivity contribution in [3.05, 3.63) is 107 Å². The van der Waals surface area contributed by atoms with Crippen LogP contribution in [0.3, 0.4) is 0 Å². The quantitative estimate of drug-likeness (QED) is 0.231. The predicted molar refractivity (Wildman–Crippen MR) is 157 cm³/mol. The van der Waals surface area contributed by atoms with E-state index in [1.807, 2.05) is 63.2 Å². The Balaban J connectivity index is 1.46. The van der Waals surface area contributed by atoms with Gasteiger partial charge in [0.1, 0.15) is 5.82 Å². The highest BCUT2D eigenvalue weighted by Crippen LogP contribution is 2.31. The number of aromatic nitrogens is 3. The second-order valence-electron chi connectivity index (χ2n) is 9.87. The van der Waals surface area contributed by atoms with Crippen molar-refractivity contribution in [1.29, 1.82) is 0 Å². The van der Waals surface area contributed by atoms with Crippen LogP contribution in [0, 0.1) is 20.8 Å². The van der Waals surface area contributed by atoms with Gasteiger partial charge in [-0.25, -0.2) is 19.7 Å². The molecule has 0 saturated heterocycles. The monoisotopic (exact) mass is 530 g/mol. The first-order chi connectivity index (χ1) is 19.3. The van der Waals surface area contributed by atoms with E-state index in [2.05, 4.69) is 22.4 Å². The second-order valence-corrected chi connectivity index (χ2v) is 9.87. The van der Waals surface area contributed by atoms with Crippen molar-refractivity contribution in [2.45, 2.75) is 40.2 Å². The number of ether oxygens (including phenoxy) is 1. The molecule has 7 nitrogen and oxygen atoms in total. The third-order valence-electron chi connectivity index (χ3n) is 6.63. The molecule has 5 rings (SSSR count). The van der Waals surface area contributed by atoms with E-state index in [1.54, 1.807) is 37.4 Å². The van der Waals surface area contributed by atoms with Gasteiger partial charge in [0.05, 0.1) is 28.0 Å². The highest BCUT2D eigenvalue weighted by Gasteiger charge is 2.23. The molecule has 1 amide bonds. The maximum Gasteiger partial charge on any atom is 0.338 e. The Morgan fingerprint density at radius 2 is 1.35 bits per heavy atom. The number of amides is 1. The number of nitrogens with zero attached hydrogens (tertiary/aromatic N) is 3. The van der Waals surface area contributed by atoms with Crippen molar-refractivity contribution in [2.24, 2.45) is 0 Å². The fraction of sp³-hybridized carbons (Fsp3) is 0.182. The minimum atomic E-state index is -0.969. The molecule has 200 valence electrons. The Bertz CT molecular complexity index is 1700. The largest absolute Gasteiger partial charge is 0.449 e. The van der Waals surface area contributed by atoms with Crippen molar-refractivity contribution in [3.63, 3.8) is 0 Å². The van der Waals surface area contributed by atoms with Gasteiger partial charge in [-0.15, -0.1) is 0 Å². The van der Waals surface area contributed by atoms with Gasteiger partial charge in [-0.1, -0.05) is 66.6 Å². The van der Waals surface area contributed by atoms with Gasteiger partial charge < -0.3 is 10.1 Å². The molecule has 0 spiro atoms. The molecular weight excluding hydrogens is 500 g/mol. The maximum absolute atomic E-state index is 13.1. The zero-order valence-electron chi connectivity index (χ0n) is 22.9. The highest BCUT2D eigenvalue weighted by molar-refractivity contribution is 5.99. The van der Waals surface area contributed by atoms with Crippen LogP contribution in [0.25, 0.3) is 33.5 Å². The topological polar surface area (TPSA) is 94.1 Å². The molecular formula is C33H30N4O3. The summed E-state index contributed by atoms with van der Waals surface area (Å²) in [5.41, 5.74) is 8.13. The average Bonchev–Trinajstić information content (AvgIpc) is 2.95. The standard InChI is InChI=1S/C33H30N4O3/c1-5-28(32(38)37-29-18-22(4)16-17-34-29)40-33(39)25-14-15-26-27(19-25)36-31(24-12-8-21(3)9-13-24)30(35-26)23-10-6-20(2)7-11-23/h6-19,28H,5H2,1-4H3,(H,34,37,38). The van der Waals surface area contributed by atoms with Crippen molar-refractivity contribution in [3.8, 4) is 22.5 Å². The van der Waals surface area contributed by atoms with E-state index in [0.717, 1.165) is 39.2 Å². The number of carbonyl (C=O) groups excluding carboxylic acids is 2. The van der Waals surface area contributed by atoms with Crippen LogP contribution in [0.1, 0.15) is 40.4 Å². The number of rotatable bonds is 7. The Labute approximate surface area is 233 Å². The van der Waals surface area contributed by atoms with Gasteiger partial charge in [-0.05, 0) is 63.1 Å². The first-order valence-corrected chi connectivity index (χ1v) is 13.2. The summed E-state index contributed by atoms with van der Waals surface area (Å²) in [7, 11) is 0. The van der Waals surface area contributed by atoms with Crippen LogP contribution in [0.5, 0.6) is 0 Å². The minimum Gasteiger partial charge on any atom is -0.449 e. The van der Waals surface area contributed by atoms with Gasteiger partial charge in [-0.3, -0.25) is 4.79 Å². The smallest absolute Gasteiger partial charge is 0.338 e. The van der Waals surface area contributed by atoms with Crippen molar-refractivity contribution < 1.29 is 14.3 Å². The maximum atomic E-state index is 13.1. The molecule has 0 radical (unpaired) electrons. The molecule has 40 heavy (non-hydrogen) atoms. The van der Waals surface area contributed by atoms with Gasteiger partial charge >= 0.3 is 5.97 Å². The first-order valence-electron chi connectivity index (χ1n) is 13.2. The van der Waals surface area contributed by atoms with Gasteiger partial charge in [0, 0.05) is 17.3 Å². The first kappa shape index (κ1) is 26.7. The number of fused-ring (bicyclic) bond motifs is 1. The van der Waals surface area contributed by atoms with Crippen LogP contribution < -0.4 is 5.32 Å². The van der Waals surface area contributed by atoms with Gasteiger partial charge in [0.2, 0.25) is 0 Å². The molecule has 3 aromatic carbocycles. The molecule has 7 heteroatoms. The molecule has 2 heterocycles. The lowest BCUT2D eigenvalue weighted by Gasteiger charge is -2.16. The zero-order valence-corrected chi connectivity index (χ0v) is 22.9. The van der Waals surface area contributed by atoms with E-state index < -0.39 is 18.0 Å². The number of benzene rings is 3. The van der Waals surface area contributed by atoms with Gasteiger partial charge in [-0.2, -0.15) is 0 Å². The molecule has 0 aliphatic rings. The van der Waals surface area contributed by atoms with Crippen LogP contribution in [0.15, 0.2) is 85.1 Å². The molecule has 0 aliphatic carbocycles. The number of carbonyl (C=O) groups is 2. The molecule has 1 N–H and O–H groups in total. The van der Waals surface area contributed by atoms with Crippen LogP contribution in [-0.2, 0) is 9.53 Å². The molecule has 0 bridgehead atoms. The van der Waals surface area contributed by atoms with E-state index in [9.17, 15) is 9.59 Å². The van der Waals surface area contributed by atoms with E-state index >= 15 is 0 Å². The normalized spacial score (nSPS) is 11.7. The molecule has 0 fully saturated rings. The molecule has 0 saturated carbocycles. The van der Waals surface area contributed by atoms with Gasteiger partial charge in [0.25, 0.3) is 5.91 Å². The number of anilines is 1. The third-order valence-corrected chi connectivity index (χ3v) is 6.63. The van der Waals surface area contributed by atoms with Crippen LogP contribution >= 0.6 is 0 Å². The van der Waals surface area contributed by atoms with Gasteiger partial charge in [0.15, 0.2) is 6.10 Å². The summed E-state index contributed by atoms with van der Waals surface area (Å²) in [6.07, 6.45) is 0.959. The van der Waals surface area contributed by atoms with Crippen LogP contribution in [0.4, 0.5) is 5.82 Å². The fourth-order valence-corrected chi connectivity index (χ4v) is 4.34. The number of hydrogen-bond donors (Lipinski definition) is 1. The number of esters is 1. The van der Waals surface area contributed by atoms with Crippen LogP contribution in [0.2, 0.25) is 0 Å². The molecule has 5 aromatic rings. The SMILES string of the molecule is CCC(OC(=O)c1ccc2nc(-c3ccc(C)cc3)c(-c3ccc(C)cc3)nc2c1)C(=O)Nc1cc(C)ccn1. The Morgan fingerprint density at radius 3 is 1.93 bits per heavy atom. The Kier molecular flexibility index (Phi) is 7.64. The van der Waals surface area contributed by atoms with Crippen molar-refractivity contribution in [1.82, 2.24) is 15.0 Å². The Hall–Kier alpha value is -4.91. The minimum absolute atomic E-state index is 0.291. The number of nitrogens with one attached hydrogen (secondary N) is 1. The summed E-state index contributed by atoms with van der Waals surface area (Å²) >= 11 is 0. The van der Waals surface area contributed by atoms with E-state index in [4.69, 9.17) is 14.7 Å². The second kappa shape index (κ2) is 11.5. The number of aryl methyl sites for hydroxylation is 3. The third kappa shape index (κ3) is 5.89. The fourth-order valence-electron chi connectivity index (χ4n) is 4.34. The molecule has 0 aliphatic heterocycles. The van der Waals surface area contributed by atoms with Crippen molar-refractivity contribution in [2.75, 3.05) is 5.32 Å².